The van der Waals surface area contributed by atoms with Gasteiger partial charge in [0.25, 0.3) is 0 Å². The maximum absolute atomic E-state index is 12.8. The van der Waals surface area contributed by atoms with Crippen LogP contribution in [0.1, 0.15) is 69.8 Å². The molecule has 0 radical (unpaired) electrons. The smallest absolute Gasteiger partial charge is 0.136 e. The SMILES string of the molecule is O=C(CCC12CC3CC(C1)CC(c1ccccc1)(C3)C2)C1CCNCC1. The predicted molar refractivity (Wildman–Crippen MR) is 105 cm³/mol. The van der Waals surface area contributed by atoms with E-state index < -0.39 is 0 Å². The van der Waals surface area contributed by atoms with Gasteiger partial charge in [-0.1, -0.05) is 30.3 Å². The highest BCUT2D eigenvalue weighted by molar-refractivity contribution is 5.81. The van der Waals surface area contributed by atoms with Crippen molar-refractivity contribution in [1.29, 1.82) is 0 Å². The summed E-state index contributed by atoms with van der Waals surface area (Å²) in [5.74, 6) is 2.72. The third-order valence-corrected chi connectivity index (χ3v) is 8.26. The molecule has 4 saturated carbocycles. The third-order valence-electron chi connectivity index (χ3n) is 8.26. The Hall–Kier alpha value is -1.15. The molecular weight excluding hydrogens is 318 g/mol. The molecule has 5 fully saturated rings. The third kappa shape index (κ3) is 2.95. The van der Waals surface area contributed by atoms with E-state index in [1.165, 1.54) is 38.5 Å². The minimum Gasteiger partial charge on any atom is -0.317 e. The Labute approximate surface area is 158 Å². The van der Waals surface area contributed by atoms with Crippen LogP contribution < -0.4 is 5.32 Å². The quantitative estimate of drug-likeness (QED) is 0.820. The summed E-state index contributed by atoms with van der Waals surface area (Å²) in [7, 11) is 0. The second kappa shape index (κ2) is 6.48. The number of hydrogen-bond donors (Lipinski definition) is 1. The van der Waals surface area contributed by atoms with Crippen molar-refractivity contribution in [3.63, 3.8) is 0 Å². The number of ketones is 1. The summed E-state index contributed by atoms with van der Waals surface area (Å²) >= 11 is 0. The van der Waals surface area contributed by atoms with Gasteiger partial charge in [0, 0.05) is 12.3 Å². The average Bonchev–Trinajstić information content (AvgIpc) is 2.67. The van der Waals surface area contributed by atoms with Crippen molar-refractivity contribution in [2.45, 2.75) is 69.6 Å². The first-order valence-corrected chi connectivity index (χ1v) is 11.0. The van der Waals surface area contributed by atoms with Crippen molar-refractivity contribution in [2.24, 2.45) is 23.2 Å². The Balaban J connectivity index is 1.33. The molecule has 5 aliphatic rings. The van der Waals surface area contributed by atoms with E-state index in [9.17, 15) is 4.79 Å². The minimum atomic E-state index is 0.341. The van der Waals surface area contributed by atoms with Gasteiger partial charge < -0.3 is 5.32 Å². The molecule has 2 nitrogen and oxygen atoms in total. The van der Waals surface area contributed by atoms with Crippen LogP contribution in [-0.2, 0) is 10.2 Å². The van der Waals surface area contributed by atoms with E-state index in [1.807, 2.05) is 0 Å². The van der Waals surface area contributed by atoms with E-state index in [0.717, 1.165) is 50.6 Å². The molecule has 4 bridgehead atoms. The van der Waals surface area contributed by atoms with Crippen molar-refractivity contribution in [3.05, 3.63) is 35.9 Å². The highest BCUT2D eigenvalue weighted by Crippen LogP contribution is 2.67. The largest absolute Gasteiger partial charge is 0.317 e. The molecule has 2 heteroatoms. The number of Topliss-reactive ketones (excluding diaryl/α,β-unsaturated/α-hetero) is 1. The van der Waals surface area contributed by atoms with Crippen molar-refractivity contribution >= 4 is 5.78 Å². The maximum atomic E-state index is 12.8. The summed E-state index contributed by atoms with van der Waals surface area (Å²) in [5, 5.41) is 3.39. The van der Waals surface area contributed by atoms with E-state index in [1.54, 1.807) is 5.56 Å². The van der Waals surface area contributed by atoms with Gasteiger partial charge in [-0.15, -0.1) is 0 Å². The predicted octanol–water partition coefficient (Wildman–Crippen LogP) is 4.87. The molecule has 1 saturated heterocycles. The average molecular weight is 352 g/mol. The number of carbonyl (C=O) groups excluding carboxylic acids is 1. The molecule has 140 valence electrons. The van der Waals surface area contributed by atoms with Crippen LogP contribution >= 0.6 is 0 Å². The number of rotatable bonds is 5. The molecule has 1 aromatic carbocycles. The molecule has 1 aliphatic heterocycles. The van der Waals surface area contributed by atoms with Crippen LogP contribution in [0.25, 0.3) is 0 Å². The Bertz CT molecular complexity index is 646. The Morgan fingerprint density at radius 1 is 1.00 bits per heavy atom. The van der Waals surface area contributed by atoms with Crippen LogP contribution in [0.2, 0.25) is 0 Å². The van der Waals surface area contributed by atoms with Crippen molar-refractivity contribution in [3.8, 4) is 0 Å². The van der Waals surface area contributed by atoms with Crippen molar-refractivity contribution in [1.82, 2.24) is 5.32 Å². The molecular formula is C24H33NO. The Morgan fingerprint density at radius 3 is 2.38 bits per heavy atom. The molecule has 1 N–H and O–H groups in total. The lowest BCUT2D eigenvalue weighted by molar-refractivity contribution is -0.126. The first kappa shape index (κ1) is 17.0. The van der Waals surface area contributed by atoms with E-state index in [2.05, 4.69) is 35.6 Å². The van der Waals surface area contributed by atoms with Crippen LogP contribution in [0.5, 0.6) is 0 Å². The Kier molecular flexibility index (Phi) is 4.23. The first-order valence-electron chi connectivity index (χ1n) is 11.0. The summed E-state index contributed by atoms with van der Waals surface area (Å²) in [5.41, 5.74) is 2.47. The molecule has 1 aromatic rings. The number of hydrogen-bond acceptors (Lipinski definition) is 2. The molecule has 6 rings (SSSR count). The van der Waals surface area contributed by atoms with E-state index in [0.29, 0.717) is 22.5 Å². The fraction of sp³-hybridized carbons (Fsp3) is 0.708. The van der Waals surface area contributed by atoms with E-state index in [-0.39, 0.29) is 0 Å². The molecule has 2 unspecified atom stereocenters. The van der Waals surface area contributed by atoms with Gasteiger partial charge in [0.05, 0.1) is 0 Å². The van der Waals surface area contributed by atoms with Crippen LogP contribution in [0.4, 0.5) is 0 Å². The highest BCUT2D eigenvalue weighted by atomic mass is 16.1. The number of carbonyl (C=O) groups is 1. The summed E-state index contributed by atoms with van der Waals surface area (Å²) in [4.78, 5) is 12.8. The summed E-state index contributed by atoms with van der Waals surface area (Å²) < 4.78 is 0. The van der Waals surface area contributed by atoms with Crippen LogP contribution in [0.3, 0.4) is 0 Å². The van der Waals surface area contributed by atoms with Crippen LogP contribution in [0, 0.1) is 23.2 Å². The molecule has 0 amide bonds. The molecule has 1 heterocycles. The van der Waals surface area contributed by atoms with Gasteiger partial charge in [-0.3, -0.25) is 4.79 Å². The van der Waals surface area contributed by atoms with E-state index in [4.69, 9.17) is 0 Å². The summed E-state index contributed by atoms with van der Waals surface area (Å²) in [6.45, 7) is 2.06. The molecule has 0 aromatic heterocycles. The van der Waals surface area contributed by atoms with E-state index >= 15 is 0 Å². The van der Waals surface area contributed by atoms with Gasteiger partial charge in [0.1, 0.15) is 5.78 Å². The lowest BCUT2D eigenvalue weighted by Crippen LogP contribution is -2.54. The normalized spacial score (nSPS) is 39.2. The Morgan fingerprint density at radius 2 is 1.69 bits per heavy atom. The molecule has 0 spiro atoms. The number of nitrogens with one attached hydrogen (secondary N) is 1. The number of piperidine rings is 1. The lowest BCUT2D eigenvalue weighted by atomic mass is 9.42. The zero-order valence-corrected chi connectivity index (χ0v) is 16.0. The second-order valence-electron chi connectivity index (χ2n) is 10.1. The minimum absolute atomic E-state index is 0.341. The van der Waals surface area contributed by atoms with Gasteiger partial charge in [-0.05, 0) is 99.1 Å². The molecule has 4 aliphatic carbocycles. The van der Waals surface area contributed by atoms with Gasteiger partial charge in [0.2, 0.25) is 0 Å². The second-order valence-corrected chi connectivity index (χ2v) is 10.1. The lowest BCUT2D eigenvalue weighted by Gasteiger charge is -2.63. The summed E-state index contributed by atoms with van der Waals surface area (Å²) in [6.07, 6.45) is 12.5. The standard InChI is InChI=1S/C24H33NO/c26-22(20-7-10-25-11-8-20)6-9-23-13-18-12-19(14-23)16-24(15-18,17-23)21-4-2-1-3-5-21/h1-5,18-20,25H,6-17H2. The zero-order chi connectivity index (χ0) is 17.6. The van der Waals surface area contributed by atoms with Gasteiger partial charge >= 0.3 is 0 Å². The van der Waals surface area contributed by atoms with Crippen LogP contribution in [0.15, 0.2) is 30.3 Å². The van der Waals surface area contributed by atoms with Gasteiger partial charge in [-0.25, -0.2) is 0 Å². The van der Waals surface area contributed by atoms with Crippen molar-refractivity contribution < 1.29 is 4.79 Å². The van der Waals surface area contributed by atoms with Gasteiger partial charge in [-0.2, -0.15) is 0 Å². The fourth-order valence-electron chi connectivity index (χ4n) is 7.61. The fourth-order valence-corrected chi connectivity index (χ4v) is 7.61. The van der Waals surface area contributed by atoms with Gasteiger partial charge in [0.15, 0.2) is 0 Å². The molecule has 2 atom stereocenters. The molecule has 26 heavy (non-hydrogen) atoms. The highest BCUT2D eigenvalue weighted by Gasteiger charge is 2.57. The summed E-state index contributed by atoms with van der Waals surface area (Å²) in [6, 6.07) is 11.3. The topological polar surface area (TPSA) is 29.1 Å². The zero-order valence-electron chi connectivity index (χ0n) is 16.0. The van der Waals surface area contributed by atoms with Crippen LogP contribution in [-0.4, -0.2) is 18.9 Å². The number of benzene rings is 1. The monoisotopic (exact) mass is 351 g/mol. The van der Waals surface area contributed by atoms with Crippen molar-refractivity contribution in [2.75, 3.05) is 13.1 Å². The first-order chi connectivity index (χ1) is 12.7. The maximum Gasteiger partial charge on any atom is 0.136 e.